The lowest BCUT2D eigenvalue weighted by molar-refractivity contribution is -0.117. The SMILES string of the molecule is Cc1ccc(NC(=O)CN2CCN(c3cccc(C)c3C)CC2)c(Cl)c1. The van der Waals surface area contributed by atoms with Gasteiger partial charge < -0.3 is 10.2 Å². The van der Waals surface area contributed by atoms with Gasteiger partial charge in [-0.2, -0.15) is 0 Å². The smallest absolute Gasteiger partial charge is 0.238 e. The lowest BCUT2D eigenvalue weighted by Crippen LogP contribution is -2.48. The minimum atomic E-state index is -0.0176. The van der Waals surface area contributed by atoms with Crippen LogP contribution in [0.3, 0.4) is 0 Å². The molecular weight excluding hydrogens is 346 g/mol. The molecular formula is C21H26ClN3O. The number of piperazine rings is 1. The number of hydrogen-bond donors (Lipinski definition) is 1. The van der Waals surface area contributed by atoms with E-state index in [0.717, 1.165) is 31.7 Å². The van der Waals surface area contributed by atoms with Crippen LogP contribution in [0, 0.1) is 20.8 Å². The van der Waals surface area contributed by atoms with Crippen molar-refractivity contribution in [2.45, 2.75) is 20.8 Å². The van der Waals surface area contributed by atoms with Crippen molar-refractivity contribution in [1.29, 1.82) is 0 Å². The van der Waals surface area contributed by atoms with Crippen LogP contribution in [0.25, 0.3) is 0 Å². The molecule has 4 nitrogen and oxygen atoms in total. The number of hydrogen-bond acceptors (Lipinski definition) is 3. The molecule has 1 fully saturated rings. The molecule has 2 aromatic carbocycles. The molecule has 1 aliphatic heterocycles. The highest BCUT2D eigenvalue weighted by Crippen LogP contribution is 2.24. The summed E-state index contributed by atoms with van der Waals surface area (Å²) in [4.78, 5) is 16.9. The van der Waals surface area contributed by atoms with Crippen molar-refractivity contribution >= 4 is 28.9 Å². The maximum absolute atomic E-state index is 12.3. The number of rotatable bonds is 4. The molecule has 5 heteroatoms. The predicted octanol–water partition coefficient (Wildman–Crippen LogP) is 4.03. The van der Waals surface area contributed by atoms with Crippen molar-refractivity contribution in [3.8, 4) is 0 Å². The van der Waals surface area contributed by atoms with Gasteiger partial charge in [-0.3, -0.25) is 9.69 Å². The van der Waals surface area contributed by atoms with Crippen LogP contribution in [0.5, 0.6) is 0 Å². The maximum Gasteiger partial charge on any atom is 0.238 e. The zero-order chi connectivity index (χ0) is 18.7. The van der Waals surface area contributed by atoms with Crippen LogP contribution in [0.1, 0.15) is 16.7 Å². The lowest BCUT2D eigenvalue weighted by Gasteiger charge is -2.36. The highest BCUT2D eigenvalue weighted by molar-refractivity contribution is 6.33. The Bertz CT molecular complexity index is 798. The first-order chi connectivity index (χ1) is 12.4. The second-order valence-corrected chi connectivity index (χ2v) is 7.42. The summed E-state index contributed by atoms with van der Waals surface area (Å²) >= 11 is 6.20. The highest BCUT2D eigenvalue weighted by Gasteiger charge is 2.20. The van der Waals surface area contributed by atoms with Crippen LogP contribution >= 0.6 is 11.6 Å². The van der Waals surface area contributed by atoms with E-state index in [0.29, 0.717) is 17.3 Å². The van der Waals surface area contributed by atoms with Gasteiger partial charge in [0.05, 0.1) is 17.3 Å². The molecule has 0 radical (unpaired) electrons. The molecule has 138 valence electrons. The number of aryl methyl sites for hydroxylation is 2. The molecule has 26 heavy (non-hydrogen) atoms. The van der Waals surface area contributed by atoms with Crippen LogP contribution < -0.4 is 10.2 Å². The monoisotopic (exact) mass is 371 g/mol. The van der Waals surface area contributed by atoms with E-state index in [1.165, 1.54) is 16.8 Å². The van der Waals surface area contributed by atoms with Crippen molar-refractivity contribution in [3.63, 3.8) is 0 Å². The van der Waals surface area contributed by atoms with Gasteiger partial charge in [0.1, 0.15) is 0 Å². The maximum atomic E-state index is 12.3. The number of amides is 1. The number of anilines is 2. The summed E-state index contributed by atoms with van der Waals surface area (Å²) in [6.07, 6.45) is 0. The topological polar surface area (TPSA) is 35.6 Å². The average molecular weight is 372 g/mol. The fourth-order valence-electron chi connectivity index (χ4n) is 3.34. The summed E-state index contributed by atoms with van der Waals surface area (Å²) in [5.74, 6) is -0.0176. The largest absolute Gasteiger partial charge is 0.369 e. The third-order valence-corrected chi connectivity index (χ3v) is 5.37. The zero-order valence-corrected chi connectivity index (χ0v) is 16.4. The summed E-state index contributed by atoms with van der Waals surface area (Å²) in [5, 5.41) is 3.50. The summed E-state index contributed by atoms with van der Waals surface area (Å²) < 4.78 is 0. The Labute approximate surface area is 160 Å². The van der Waals surface area contributed by atoms with Gasteiger partial charge in [-0.15, -0.1) is 0 Å². The first-order valence-electron chi connectivity index (χ1n) is 9.03. The number of carbonyl (C=O) groups is 1. The van der Waals surface area contributed by atoms with Gasteiger partial charge >= 0.3 is 0 Å². The van der Waals surface area contributed by atoms with E-state index in [4.69, 9.17) is 11.6 Å². The molecule has 1 saturated heterocycles. The minimum absolute atomic E-state index is 0.0176. The molecule has 1 amide bonds. The Kier molecular flexibility index (Phi) is 5.84. The third kappa shape index (κ3) is 4.37. The molecule has 1 heterocycles. The Hall–Kier alpha value is -2.04. The van der Waals surface area contributed by atoms with Gasteiger partial charge in [-0.05, 0) is 55.7 Å². The van der Waals surface area contributed by atoms with Gasteiger partial charge in [0.15, 0.2) is 0 Å². The van der Waals surface area contributed by atoms with Crippen molar-refractivity contribution in [2.24, 2.45) is 0 Å². The van der Waals surface area contributed by atoms with Gasteiger partial charge in [0.2, 0.25) is 5.91 Å². The number of nitrogens with one attached hydrogen (secondary N) is 1. The Balaban J connectivity index is 1.53. The van der Waals surface area contributed by atoms with Crippen LogP contribution in [0.4, 0.5) is 11.4 Å². The summed E-state index contributed by atoms with van der Waals surface area (Å²) in [5.41, 5.74) is 5.72. The number of nitrogens with zero attached hydrogens (tertiary/aromatic N) is 2. The minimum Gasteiger partial charge on any atom is -0.369 e. The Morgan fingerprint density at radius 3 is 2.50 bits per heavy atom. The van der Waals surface area contributed by atoms with Crippen molar-refractivity contribution in [2.75, 3.05) is 42.9 Å². The van der Waals surface area contributed by atoms with E-state index in [-0.39, 0.29) is 5.91 Å². The molecule has 0 aliphatic carbocycles. The quantitative estimate of drug-likeness (QED) is 0.881. The van der Waals surface area contributed by atoms with Crippen LogP contribution in [-0.2, 0) is 4.79 Å². The van der Waals surface area contributed by atoms with E-state index in [9.17, 15) is 4.79 Å². The molecule has 2 aromatic rings. The fourth-order valence-corrected chi connectivity index (χ4v) is 3.62. The van der Waals surface area contributed by atoms with E-state index in [1.54, 1.807) is 0 Å². The third-order valence-electron chi connectivity index (χ3n) is 5.05. The second-order valence-electron chi connectivity index (χ2n) is 7.01. The van der Waals surface area contributed by atoms with E-state index in [1.807, 2.05) is 25.1 Å². The van der Waals surface area contributed by atoms with Crippen LogP contribution in [0.2, 0.25) is 5.02 Å². The molecule has 0 spiro atoms. The predicted molar refractivity (Wildman–Crippen MR) is 109 cm³/mol. The number of benzene rings is 2. The van der Waals surface area contributed by atoms with Gasteiger partial charge in [-0.1, -0.05) is 29.8 Å². The molecule has 1 N–H and O–H groups in total. The molecule has 0 atom stereocenters. The molecule has 0 unspecified atom stereocenters. The van der Waals surface area contributed by atoms with Crippen molar-refractivity contribution in [1.82, 2.24) is 4.90 Å². The normalized spacial score (nSPS) is 15.2. The summed E-state index contributed by atoms with van der Waals surface area (Å²) in [6, 6.07) is 12.1. The van der Waals surface area contributed by atoms with E-state index >= 15 is 0 Å². The molecule has 0 bridgehead atoms. The van der Waals surface area contributed by atoms with E-state index < -0.39 is 0 Å². The first kappa shape index (κ1) is 18.7. The van der Waals surface area contributed by atoms with Gasteiger partial charge in [0.25, 0.3) is 0 Å². The molecule has 1 aliphatic rings. The van der Waals surface area contributed by atoms with Crippen LogP contribution in [0.15, 0.2) is 36.4 Å². The number of carbonyl (C=O) groups excluding carboxylic acids is 1. The van der Waals surface area contributed by atoms with Crippen molar-refractivity contribution in [3.05, 3.63) is 58.1 Å². The standard InChI is InChI=1S/C21H26ClN3O/c1-15-7-8-19(18(22)13-15)23-21(26)14-24-9-11-25(12-10-24)20-6-4-5-16(2)17(20)3/h4-8,13H,9-12,14H2,1-3H3,(H,23,26). The van der Waals surface area contributed by atoms with Gasteiger partial charge in [0, 0.05) is 31.9 Å². The number of halogens is 1. The molecule has 0 saturated carbocycles. The Morgan fingerprint density at radius 2 is 1.81 bits per heavy atom. The van der Waals surface area contributed by atoms with Gasteiger partial charge in [-0.25, -0.2) is 0 Å². The average Bonchev–Trinajstić information content (AvgIpc) is 2.61. The van der Waals surface area contributed by atoms with Crippen molar-refractivity contribution < 1.29 is 4.79 Å². The molecule has 0 aromatic heterocycles. The first-order valence-corrected chi connectivity index (χ1v) is 9.41. The Morgan fingerprint density at radius 1 is 1.08 bits per heavy atom. The van der Waals surface area contributed by atoms with Crippen LogP contribution in [-0.4, -0.2) is 43.5 Å². The second kappa shape index (κ2) is 8.11. The summed E-state index contributed by atoms with van der Waals surface area (Å²) in [6.45, 7) is 10.3. The van der Waals surface area contributed by atoms with E-state index in [2.05, 4.69) is 47.2 Å². The lowest BCUT2D eigenvalue weighted by atomic mass is 10.1. The highest BCUT2D eigenvalue weighted by atomic mass is 35.5. The zero-order valence-electron chi connectivity index (χ0n) is 15.7. The fraction of sp³-hybridized carbons (Fsp3) is 0.381. The summed E-state index contributed by atoms with van der Waals surface area (Å²) in [7, 11) is 0. The molecule has 3 rings (SSSR count).